The van der Waals surface area contributed by atoms with Gasteiger partial charge in [0.2, 0.25) is 0 Å². The first-order chi connectivity index (χ1) is 9.92. The number of halogens is 2. The molecule has 0 saturated carbocycles. The molecule has 0 bridgehead atoms. The number of ether oxygens (including phenoxy) is 1. The molecule has 21 heavy (non-hydrogen) atoms. The van der Waals surface area contributed by atoms with Crippen molar-refractivity contribution in [2.24, 2.45) is 0 Å². The molecule has 2 rings (SSSR count). The molecule has 0 heterocycles. The Morgan fingerprint density at radius 1 is 1.24 bits per heavy atom. The van der Waals surface area contributed by atoms with E-state index in [0.717, 1.165) is 6.07 Å². The third-order valence-electron chi connectivity index (χ3n) is 2.93. The molecule has 0 aliphatic rings. The van der Waals surface area contributed by atoms with Crippen molar-refractivity contribution in [2.75, 3.05) is 18.2 Å². The van der Waals surface area contributed by atoms with Crippen LogP contribution in [0.3, 0.4) is 0 Å². The predicted octanol–water partition coefficient (Wildman–Crippen LogP) is 3.12. The Labute approximate surface area is 120 Å². The summed E-state index contributed by atoms with van der Waals surface area (Å²) in [6.45, 7) is 1.51. The normalized spacial score (nSPS) is 10.3. The molecule has 4 nitrogen and oxygen atoms in total. The van der Waals surface area contributed by atoms with Gasteiger partial charge in [-0.3, -0.25) is 4.79 Å². The van der Waals surface area contributed by atoms with Gasteiger partial charge in [0.25, 0.3) is 5.91 Å². The second kappa shape index (κ2) is 5.78. The Morgan fingerprint density at radius 3 is 2.57 bits per heavy atom. The van der Waals surface area contributed by atoms with Gasteiger partial charge in [-0.25, -0.2) is 8.78 Å². The van der Waals surface area contributed by atoms with E-state index in [2.05, 4.69) is 5.32 Å². The van der Waals surface area contributed by atoms with E-state index in [9.17, 15) is 13.6 Å². The molecule has 2 aromatic rings. The highest BCUT2D eigenvalue weighted by atomic mass is 19.1. The van der Waals surface area contributed by atoms with Gasteiger partial charge < -0.3 is 15.8 Å². The molecular weight excluding hydrogens is 278 g/mol. The van der Waals surface area contributed by atoms with Crippen molar-refractivity contribution < 1.29 is 18.3 Å². The molecule has 0 aliphatic heterocycles. The van der Waals surface area contributed by atoms with Crippen LogP contribution in [0.15, 0.2) is 30.3 Å². The smallest absolute Gasteiger partial charge is 0.258 e. The van der Waals surface area contributed by atoms with Gasteiger partial charge in [-0.1, -0.05) is 0 Å². The lowest BCUT2D eigenvalue weighted by atomic mass is 10.1. The van der Waals surface area contributed by atoms with E-state index >= 15 is 0 Å². The summed E-state index contributed by atoms with van der Waals surface area (Å²) in [6.07, 6.45) is 0. The monoisotopic (exact) mass is 292 g/mol. The number of rotatable bonds is 3. The van der Waals surface area contributed by atoms with Gasteiger partial charge in [-0.2, -0.15) is 0 Å². The van der Waals surface area contributed by atoms with E-state index in [4.69, 9.17) is 10.5 Å². The number of carbonyl (C=O) groups is 1. The number of methoxy groups -OCH3 is 1. The first-order valence-corrected chi connectivity index (χ1v) is 6.13. The average molecular weight is 292 g/mol. The topological polar surface area (TPSA) is 64.3 Å². The fraction of sp³-hybridized carbons (Fsp3) is 0.133. The minimum absolute atomic E-state index is 0.0546. The molecule has 3 N–H and O–H groups in total. The molecule has 0 aliphatic carbocycles. The molecule has 1 amide bonds. The van der Waals surface area contributed by atoms with E-state index < -0.39 is 17.5 Å². The highest BCUT2D eigenvalue weighted by Crippen LogP contribution is 2.22. The Bertz CT molecular complexity index is 702. The van der Waals surface area contributed by atoms with E-state index in [-0.39, 0.29) is 28.3 Å². The lowest BCUT2D eigenvalue weighted by Crippen LogP contribution is -2.15. The van der Waals surface area contributed by atoms with Crippen LogP contribution in [-0.4, -0.2) is 13.0 Å². The van der Waals surface area contributed by atoms with Gasteiger partial charge >= 0.3 is 0 Å². The summed E-state index contributed by atoms with van der Waals surface area (Å²) < 4.78 is 32.2. The summed E-state index contributed by atoms with van der Waals surface area (Å²) in [5.74, 6) is -1.93. The number of aryl methyl sites for hydroxylation is 1. The largest absolute Gasteiger partial charge is 0.494 e. The van der Waals surface area contributed by atoms with Crippen LogP contribution in [-0.2, 0) is 0 Å². The fourth-order valence-corrected chi connectivity index (χ4v) is 1.91. The van der Waals surface area contributed by atoms with Crippen LogP contribution in [0.2, 0.25) is 0 Å². The second-order valence-corrected chi connectivity index (χ2v) is 4.50. The minimum atomic E-state index is -0.701. The van der Waals surface area contributed by atoms with Gasteiger partial charge in [0, 0.05) is 17.4 Å². The molecular formula is C15H14F2N2O2. The van der Waals surface area contributed by atoms with Gasteiger partial charge in [-0.15, -0.1) is 0 Å². The first kappa shape index (κ1) is 14.8. The van der Waals surface area contributed by atoms with E-state index in [0.29, 0.717) is 0 Å². The number of amides is 1. The number of nitrogen functional groups attached to an aromatic ring is 1. The van der Waals surface area contributed by atoms with Crippen molar-refractivity contribution in [3.05, 3.63) is 53.1 Å². The first-order valence-electron chi connectivity index (χ1n) is 6.13. The summed E-state index contributed by atoms with van der Waals surface area (Å²) >= 11 is 0. The van der Waals surface area contributed by atoms with Crippen molar-refractivity contribution >= 4 is 17.3 Å². The van der Waals surface area contributed by atoms with Crippen LogP contribution in [0, 0.1) is 18.6 Å². The third kappa shape index (κ3) is 3.10. The quantitative estimate of drug-likeness (QED) is 0.854. The van der Waals surface area contributed by atoms with Gasteiger partial charge in [0.05, 0.1) is 12.7 Å². The fourth-order valence-electron chi connectivity index (χ4n) is 1.91. The zero-order valence-corrected chi connectivity index (χ0v) is 11.5. The molecule has 0 aromatic heterocycles. The van der Waals surface area contributed by atoms with Crippen LogP contribution in [0.25, 0.3) is 0 Å². The van der Waals surface area contributed by atoms with Crippen molar-refractivity contribution in [3.63, 3.8) is 0 Å². The summed E-state index contributed by atoms with van der Waals surface area (Å²) in [6, 6.07) is 6.58. The highest BCUT2D eigenvalue weighted by Gasteiger charge is 2.15. The Morgan fingerprint density at radius 2 is 1.95 bits per heavy atom. The maximum absolute atomic E-state index is 13.9. The van der Waals surface area contributed by atoms with Gasteiger partial charge in [-0.05, 0) is 36.8 Å². The minimum Gasteiger partial charge on any atom is -0.494 e. The van der Waals surface area contributed by atoms with Gasteiger partial charge in [0.15, 0.2) is 11.6 Å². The van der Waals surface area contributed by atoms with Crippen molar-refractivity contribution in [3.8, 4) is 5.75 Å². The molecule has 0 atom stereocenters. The molecule has 0 radical (unpaired) electrons. The van der Waals surface area contributed by atoms with Crippen molar-refractivity contribution in [1.82, 2.24) is 0 Å². The molecule has 0 unspecified atom stereocenters. The Hall–Kier alpha value is -2.63. The Kier molecular flexibility index (Phi) is 4.07. The molecule has 0 fully saturated rings. The number of nitrogens with two attached hydrogens (primary N) is 1. The van der Waals surface area contributed by atoms with Crippen molar-refractivity contribution in [1.29, 1.82) is 0 Å². The molecule has 6 heteroatoms. The molecule has 0 spiro atoms. The highest BCUT2D eigenvalue weighted by molar-refractivity contribution is 6.05. The van der Waals surface area contributed by atoms with Crippen LogP contribution >= 0.6 is 0 Å². The van der Waals surface area contributed by atoms with E-state index in [1.807, 2.05) is 0 Å². The third-order valence-corrected chi connectivity index (χ3v) is 2.93. The molecule has 110 valence electrons. The van der Waals surface area contributed by atoms with Crippen LogP contribution in [0.5, 0.6) is 5.75 Å². The number of anilines is 2. The molecule has 0 saturated heterocycles. The second-order valence-electron chi connectivity index (χ2n) is 4.50. The number of hydrogen-bond acceptors (Lipinski definition) is 3. The summed E-state index contributed by atoms with van der Waals surface area (Å²) in [5, 5.41) is 2.42. The summed E-state index contributed by atoms with van der Waals surface area (Å²) in [5.41, 5.74) is 6.14. The lowest BCUT2D eigenvalue weighted by Gasteiger charge is -2.10. The lowest BCUT2D eigenvalue weighted by molar-refractivity contribution is 0.102. The maximum Gasteiger partial charge on any atom is 0.258 e. The zero-order chi connectivity index (χ0) is 15.6. The van der Waals surface area contributed by atoms with E-state index in [1.165, 1.54) is 38.3 Å². The SMILES string of the molecule is COc1ccc(NC(=O)c2cc(N)cc(C)c2F)cc1F. The average Bonchev–Trinajstić information content (AvgIpc) is 2.43. The van der Waals surface area contributed by atoms with Gasteiger partial charge in [0.1, 0.15) is 5.82 Å². The summed E-state index contributed by atoms with van der Waals surface area (Å²) in [4.78, 5) is 12.0. The number of hydrogen-bond donors (Lipinski definition) is 2. The van der Waals surface area contributed by atoms with Crippen LogP contribution in [0.1, 0.15) is 15.9 Å². The molecule has 2 aromatic carbocycles. The van der Waals surface area contributed by atoms with Crippen LogP contribution in [0.4, 0.5) is 20.2 Å². The summed E-state index contributed by atoms with van der Waals surface area (Å²) in [7, 11) is 1.33. The van der Waals surface area contributed by atoms with E-state index in [1.54, 1.807) is 0 Å². The number of benzene rings is 2. The predicted molar refractivity (Wildman–Crippen MR) is 76.5 cm³/mol. The van der Waals surface area contributed by atoms with Crippen LogP contribution < -0.4 is 15.8 Å². The number of nitrogens with one attached hydrogen (secondary N) is 1. The standard InChI is InChI=1S/C15H14F2N2O2/c1-8-5-9(18)6-11(14(8)17)15(20)19-10-3-4-13(21-2)12(16)7-10/h3-7H,18H2,1-2H3,(H,19,20). The number of carbonyl (C=O) groups excluding carboxylic acids is 1. The zero-order valence-electron chi connectivity index (χ0n) is 11.5. The Balaban J connectivity index is 2.28. The van der Waals surface area contributed by atoms with Crippen molar-refractivity contribution in [2.45, 2.75) is 6.92 Å². The maximum atomic E-state index is 13.9.